The van der Waals surface area contributed by atoms with E-state index in [9.17, 15) is 22.4 Å². The number of esters is 1. The maximum absolute atomic E-state index is 13.9. The maximum atomic E-state index is 13.9. The van der Waals surface area contributed by atoms with Gasteiger partial charge >= 0.3 is 12.3 Å². The van der Waals surface area contributed by atoms with E-state index in [2.05, 4.69) is 4.74 Å². The molecule has 0 aromatic heterocycles. The van der Waals surface area contributed by atoms with Crippen molar-refractivity contribution in [2.24, 2.45) is 0 Å². The van der Waals surface area contributed by atoms with Crippen LogP contribution in [0.25, 0.3) is 0 Å². The van der Waals surface area contributed by atoms with Crippen molar-refractivity contribution in [1.29, 1.82) is 0 Å². The van der Waals surface area contributed by atoms with Crippen molar-refractivity contribution < 1.29 is 41.3 Å². The predicted molar refractivity (Wildman–Crippen MR) is 97.6 cm³/mol. The van der Waals surface area contributed by atoms with E-state index in [1.54, 1.807) is 31.2 Å². The van der Waals surface area contributed by atoms with Crippen LogP contribution >= 0.6 is 0 Å². The van der Waals surface area contributed by atoms with Crippen LogP contribution < -0.4 is 9.47 Å². The zero-order chi connectivity index (χ0) is 21.8. The number of rotatable bonds is 8. The largest absolute Gasteiger partial charge is 0.573 e. The van der Waals surface area contributed by atoms with E-state index in [0.717, 1.165) is 23.8 Å². The zero-order valence-electron chi connectivity index (χ0n) is 16.1. The normalized spacial score (nSPS) is 15.2. The molecule has 0 unspecified atom stereocenters. The summed E-state index contributed by atoms with van der Waals surface area (Å²) < 4.78 is 70.5. The molecular formula is C21H20F4O5. The van der Waals surface area contributed by atoms with Gasteiger partial charge in [0.2, 0.25) is 0 Å². The van der Waals surface area contributed by atoms with E-state index in [0.29, 0.717) is 25.6 Å². The molecule has 0 radical (unpaired) electrons. The van der Waals surface area contributed by atoms with Gasteiger partial charge in [0.15, 0.2) is 0 Å². The maximum Gasteiger partial charge on any atom is 0.573 e. The standard InChI is InChI=1S/C21H20F4O5/c1-2-28-19(26)10-20(12-27-13-20)15-3-5-16(6-4-15)29-11-14-9-17(7-8-18(14)22)30-21(23,24)25/h3-9H,2,10-13H2,1H3. The fourth-order valence-electron chi connectivity index (χ4n) is 3.13. The van der Waals surface area contributed by atoms with E-state index in [4.69, 9.17) is 14.2 Å². The second-order valence-corrected chi connectivity index (χ2v) is 6.87. The Balaban J connectivity index is 1.65. The Morgan fingerprint density at radius 2 is 1.77 bits per heavy atom. The molecule has 1 aliphatic rings. The molecule has 162 valence electrons. The number of carbonyl (C=O) groups is 1. The highest BCUT2D eigenvalue weighted by atomic mass is 19.4. The molecule has 1 saturated heterocycles. The van der Waals surface area contributed by atoms with Gasteiger partial charge in [-0.15, -0.1) is 13.2 Å². The van der Waals surface area contributed by atoms with Gasteiger partial charge in [-0.1, -0.05) is 12.1 Å². The summed E-state index contributed by atoms with van der Waals surface area (Å²) in [5, 5.41) is 0. The molecule has 2 aromatic carbocycles. The molecule has 0 N–H and O–H groups in total. The van der Waals surface area contributed by atoms with Crippen molar-refractivity contribution in [2.75, 3.05) is 19.8 Å². The summed E-state index contributed by atoms with van der Waals surface area (Å²) in [4.78, 5) is 11.9. The van der Waals surface area contributed by atoms with Crippen LogP contribution in [0.1, 0.15) is 24.5 Å². The molecular weight excluding hydrogens is 408 g/mol. The van der Waals surface area contributed by atoms with Gasteiger partial charge in [0, 0.05) is 5.56 Å². The van der Waals surface area contributed by atoms with Crippen LogP contribution in [0.4, 0.5) is 17.6 Å². The molecule has 3 rings (SSSR count). The van der Waals surface area contributed by atoms with Crippen LogP contribution in [-0.4, -0.2) is 32.2 Å². The first-order chi connectivity index (χ1) is 14.2. The highest BCUT2D eigenvalue weighted by Crippen LogP contribution is 2.37. The lowest BCUT2D eigenvalue weighted by molar-refractivity contribution is -0.274. The van der Waals surface area contributed by atoms with Crippen molar-refractivity contribution in [2.45, 2.75) is 31.7 Å². The number of benzene rings is 2. The molecule has 5 nitrogen and oxygen atoms in total. The molecule has 9 heteroatoms. The summed E-state index contributed by atoms with van der Waals surface area (Å²) in [5.74, 6) is -1.14. The van der Waals surface area contributed by atoms with E-state index in [-0.39, 0.29) is 24.6 Å². The Bertz CT molecular complexity index is 876. The third kappa shape index (κ3) is 5.41. The van der Waals surface area contributed by atoms with E-state index < -0.39 is 23.3 Å². The van der Waals surface area contributed by atoms with Crippen molar-refractivity contribution >= 4 is 5.97 Å². The van der Waals surface area contributed by atoms with Crippen LogP contribution in [-0.2, 0) is 26.3 Å². The molecule has 30 heavy (non-hydrogen) atoms. The first-order valence-corrected chi connectivity index (χ1v) is 9.22. The van der Waals surface area contributed by atoms with Crippen molar-refractivity contribution in [3.05, 3.63) is 59.4 Å². The van der Waals surface area contributed by atoms with Gasteiger partial charge in [-0.25, -0.2) is 4.39 Å². The number of halogens is 4. The highest BCUT2D eigenvalue weighted by Gasteiger charge is 2.42. The van der Waals surface area contributed by atoms with Gasteiger partial charge in [0.25, 0.3) is 0 Å². The first-order valence-electron chi connectivity index (χ1n) is 9.22. The highest BCUT2D eigenvalue weighted by molar-refractivity contribution is 5.72. The van der Waals surface area contributed by atoms with Gasteiger partial charge in [-0.05, 0) is 42.8 Å². The third-order valence-electron chi connectivity index (χ3n) is 4.66. The average Bonchev–Trinajstić information content (AvgIpc) is 2.65. The Hall–Kier alpha value is -2.81. The predicted octanol–water partition coefficient (Wildman–Crippen LogP) is 4.52. The van der Waals surface area contributed by atoms with Gasteiger partial charge in [-0.2, -0.15) is 0 Å². The van der Waals surface area contributed by atoms with Crippen LogP contribution in [0.3, 0.4) is 0 Å². The quantitative estimate of drug-likeness (QED) is 0.457. The van der Waals surface area contributed by atoms with Crippen LogP contribution in [0, 0.1) is 5.82 Å². The van der Waals surface area contributed by atoms with Gasteiger partial charge < -0.3 is 18.9 Å². The number of alkyl halides is 3. The number of ether oxygens (including phenoxy) is 4. The fraction of sp³-hybridized carbons (Fsp3) is 0.381. The van der Waals surface area contributed by atoms with Crippen LogP contribution in [0.15, 0.2) is 42.5 Å². The summed E-state index contributed by atoms with van der Waals surface area (Å²) in [6.45, 7) is 2.54. The van der Waals surface area contributed by atoms with E-state index in [1.807, 2.05) is 0 Å². The second kappa shape index (κ2) is 8.91. The molecule has 1 heterocycles. The molecule has 1 fully saturated rings. The van der Waals surface area contributed by atoms with Crippen molar-refractivity contribution in [3.8, 4) is 11.5 Å². The molecule has 0 atom stereocenters. The van der Waals surface area contributed by atoms with Gasteiger partial charge in [0.05, 0.1) is 31.7 Å². The summed E-state index contributed by atoms with van der Waals surface area (Å²) in [6, 6.07) is 9.57. The Kier molecular flexibility index (Phi) is 6.50. The van der Waals surface area contributed by atoms with E-state index >= 15 is 0 Å². The average molecular weight is 428 g/mol. The molecule has 0 amide bonds. The zero-order valence-corrected chi connectivity index (χ0v) is 16.1. The first kappa shape index (κ1) is 21.9. The summed E-state index contributed by atoms with van der Waals surface area (Å²) in [5.41, 5.74) is 0.341. The molecule has 0 aliphatic carbocycles. The summed E-state index contributed by atoms with van der Waals surface area (Å²) >= 11 is 0. The van der Waals surface area contributed by atoms with Gasteiger partial charge in [-0.3, -0.25) is 4.79 Å². The molecule has 0 bridgehead atoms. The molecule has 2 aromatic rings. The third-order valence-corrected chi connectivity index (χ3v) is 4.66. The van der Waals surface area contributed by atoms with Gasteiger partial charge in [0.1, 0.15) is 23.9 Å². The monoisotopic (exact) mass is 428 g/mol. The smallest absolute Gasteiger partial charge is 0.489 e. The summed E-state index contributed by atoms with van der Waals surface area (Å²) in [7, 11) is 0. The molecule has 1 aliphatic heterocycles. The minimum Gasteiger partial charge on any atom is -0.489 e. The van der Waals surface area contributed by atoms with Crippen LogP contribution in [0.5, 0.6) is 11.5 Å². The van der Waals surface area contributed by atoms with E-state index in [1.165, 1.54) is 0 Å². The Morgan fingerprint density at radius 1 is 1.10 bits per heavy atom. The lowest BCUT2D eigenvalue weighted by atomic mass is 9.76. The van der Waals surface area contributed by atoms with Crippen LogP contribution in [0.2, 0.25) is 0 Å². The lowest BCUT2D eigenvalue weighted by Gasteiger charge is -2.41. The lowest BCUT2D eigenvalue weighted by Crippen LogP contribution is -2.48. The minimum atomic E-state index is -4.86. The molecule has 0 spiro atoms. The topological polar surface area (TPSA) is 54.0 Å². The summed E-state index contributed by atoms with van der Waals surface area (Å²) in [6.07, 6.45) is -4.67. The SMILES string of the molecule is CCOC(=O)CC1(c2ccc(OCc3cc(OC(F)(F)F)ccc3F)cc2)COC1. The second-order valence-electron chi connectivity index (χ2n) is 6.87. The number of hydrogen-bond donors (Lipinski definition) is 0. The number of carbonyl (C=O) groups excluding carboxylic acids is 1. The molecule has 0 saturated carbocycles. The minimum absolute atomic E-state index is 0.0769. The Labute approximate surface area is 170 Å². The Morgan fingerprint density at radius 3 is 2.33 bits per heavy atom. The number of hydrogen-bond acceptors (Lipinski definition) is 5. The fourth-order valence-corrected chi connectivity index (χ4v) is 3.13. The van der Waals surface area contributed by atoms with Crippen molar-refractivity contribution in [1.82, 2.24) is 0 Å². The van der Waals surface area contributed by atoms with Crippen molar-refractivity contribution in [3.63, 3.8) is 0 Å².